The standard InChI is InChI=1S/C11H20O4/c1-7-8(2)10(12)15-9(7)5-6-14-11(3,4)13/h7-9,13H,5-6H2,1-4H3/p+1. The van der Waals surface area contributed by atoms with Gasteiger partial charge in [-0.1, -0.05) is 13.8 Å². The molecule has 1 aliphatic heterocycles. The van der Waals surface area contributed by atoms with Gasteiger partial charge in [0.1, 0.15) is 6.10 Å². The third-order valence-electron chi connectivity index (χ3n) is 2.88. The molecule has 0 amide bonds. The van der Waals surface area contributed by atoms with Crippen molar-refractivity contribution in [2.75, 3.05) is 6.61 Å². The van der Waals surface area contributed by atoms with Crippen molar-refractivity contribution in [3.8, 4) is 0 Å². The van der Waals surface area contributed by atoms with Crippen LogP contribution in [0.3, 0.4) is 0 Å². The molecule has 3 unspecified atom stereocenters. The Labute approximate surface area is 90.6 Å². The van der Waals surface area contributed by atoms with E-state index in [4.69, 9.17) is 14.6 Å². The van der Waals surface area contributed by atoms with Crippen LogP contribution in [0.25, 0.3) is 0 Å². The predicted molar refractivity (Wildman–Crippen MR) is 56.5 cm³/mol. The molecule has 1 fully saturated rings. The molecule has 0 radical (unpaired) electrons. The summed E-state index contributed by atoms with van der Waals surface area (Å²) < 4.78 is 10.5. The molecule has 15 heavy (non-hydrogen) atoms. The van der Waals surface area contributed by atoms with Crippen LogP contribution in [-0.4, -0.2) is 29.6 Å². The Bertz CT molecular complexity index is 231. The van der Waals surface area contributed by atoms with Crippen molar-refractivity contribution in [2.24, 2.45) is 11.8 Å². The van der Waals surface area contributed by atoms with E-state index >= 15 is 0 Å². The van der Waals surface area contributed by atoms with Crippen molar-refractivity contribution in [1.82, 2.24) is 0 Å². The van der Waals surface area contributed by atoms with E-state index in [-0.39, 0.29) is 23.9 Å². The van der Waals surface area contributed by atoms with E-state index in [1.807, 2.05) is 13.8 Å². The van der Waals surface area contributed by atoms with Gasteiger partial charge in [0.25, 0.3) is 5.79 Å². The highest BCUT2D eigenvalue weighted by molar-refractivity contribution is 5.74. The van der Waals surface area contributed by atoms with Gasteiger partial charge in [0.15, 0.2) is 0 Å². The van der Waals surface area contributed by atoms with Crippen molar-refractivity contribution in [2.45, 2.75) is 46.0 Å². The monoisotopic (exact) mass is 217 g/mol. The molecular formula is C11H21O4+. The van der Waals surface area contributed by atoms with Crippen LogP contribution < -0.4 is 0 Å². The molecule has 0 aromatic heterocycles. The van der Waals surface area contributed by atoms with E-state index in [1.54, 1.807) is 13.8 Å². The Hall–Kier alpha value is -0.610. The van der Waals surface area contributed by atoms with Crippen LogP contribution in [0.5, 0.6) is 0 Å². The molecule has 0 aromatic carbocycles. The second-order valence-electron chi connectivity index (χ2n) is 4.77. The van der Waals surface area contributed by atoms with Crippen molar-refractivity contribution in [3.63, 3.8) is 0 Å². The average molecular weight is 217 g/mol. The molecule has 1 rings (SSSR count). The number of rotatable bonds is 4. The summed E-state index contributed by atoms with van der Waals surface area (Å²) in [5.41, 5.74) is 0. The van der Waals surface area contributed by atoms with Crippen molar-refractivity contribution in [1.29, 1.82) is 0 Å². The molecule has 3 atom stereocenters. The lowest BCUT2D eigenvalue weighted by Crippen LogP contribution is -2.26. The Balaban J connectivity index is 2.32. The summed E-state index contributed by atoms with van der Waals surface area (Å²) in [6.45, 7) is 7.76. The van der Waals surface area contributed by atoms with E-state index in [0.717, 1.165) is 0 Å². The SMILES string of the molecule is CC1C(=O)OC(CCOC(C)(C)[OH2+])C1C. The third kappa shape index (κ3) is 3.47. The summed E-state index contributed by atoms with van der Waals surface area (Å²) in [4.78, 5) is 11.3. The minimum Gasteiger partial charge on any atom is -0.462 e. The van der Waals surface area contributed by atoms with Gasteiger partial charge in [0.05, 0.1) is 12.5 Å². The van der Waals surface area contributed by atoms with Crippen LogP contribution in [0.1, 0.15) is 34.1 Å². The second kappa shape index (κ2) is 4.49. The maximum Gasteiger partial charge on any atom is 0.309 e. The zero-order chi connectivity index (χ0) is 11.6. The third-order valence-corrected chi connectivity index (χ3v) is 2.88. The summed E-state index contributed by atoms with van der Waals surface area (Å²) in [6.07, 6.45) is 0.634. The first kappa shape index (κ1) is 12.5. The maximum absolute atomic E-state index is 11.3. The van der Waals surface area contributed by atoms with E-state index in [2.05, 4.69) is 0 Å². The van der Waals surface area contributed by atoms with E-state index in [1.165, 1.54) is 0 Å². The van der Waals surface area contributed by atoms with Gasteiger partial charge in [-0.05, 0) is 0 Å². The highest BCUT2D eigenvalue weighted by Crippen LogP contribution is 2.29. The molecule has 2 N–H and O–H groups in total. The highest BCUT2D eigenvalue weighted by Gasteiger charge is 2.38. The van der Waals surface area contributed by atoms with Gasteiger partial charge in [-0.15, -0.1) is 0 Å². The lowest BCUT2D eigenvalue weighted by Gasteiger charge is -2.18. The molecule has 88 valence electrons. The van der Waals surface area contributed by atoms with Crippen LogP contribution in [0.4, 0.5) is 0 Å². The normalized spacial score (nSPS) is 31.8. The number of cyclic esters (lactones) is 1. The van der Waals surface area contributed by atoms with E-state index < -0.39 is 5.79 Å². The van der Waals surface area contributed by atoms with Gasteiger partial charge < -0.3 is 14.6 Å². The van der Waals surface area contributed by atoms with Crippen molar-refractivity contribution in [3.05, 3.63) is 0 Å². The first-order chi connectivity index (χ1) is 6.81. The van der Waals surface area contributed by atoms with Crippen molar-refractivity contribution < 1.29 is 19.4 Å². The topological polar surface area (TPSA) is 58.4 Å². The van der Waals surface area contributed by atoms with Crippen molar-refractivity contribution >= 4 is 5.97 Å². The molecule has 0 saturated carbocycles. The summed E-state index contributed by atoms with van der Waals surface area (Å²) in [6, 6.07) is 0. The van der Waals surface area contributed by atoms with E-state index in [9.17, 15) is 4.79 Å². The van der Waals surface area contributed by atoms with Gasteiger partial charge in [-0.3, -0.25) is 4.79 Å². The van der Waals surface area contributed by atoms with E-state index in [0.29, 0.717) is 13.0 Å². The van der Waals surface area contributed by atoms with Gasteiger partial charge >= 0.3 is 5.97 Å². The number of esters is 1. The van der Waals surface area contributed by atoms with Crippen LogP contribution in [0.2, 0.25) is 0 Å². The number of carbonyl (C=O) groups excluding carboxylic acids is 1. The Morgan fingerprint density at radius 1 is 1.47 bits per heavy atom. The predicted octanol–water partition coefficient (Wildman–Crippen LogP) is 1.05. The first-order valence-corrected chi connectivity index (χ1v) is 5.41. The first-order valence-electron chi connectivity index (χ1n) is 5.41. The summed E-state index contributed by atoms with van der Waals surface area (Å²) in [5, 5.41) is 7.51. The fraction of sp³-hybridized carbons (Fsp3) is 0.909. The Kier molecular flexibility index (Phi) is 3.73. The zero-order valence-electron chi connectivity index (χ0n) is 9.87. The van der Waals surface area contributed by atoms with Crippen LogP contribution in [0, 0.1) is 11.8 Å². The molecule has 1 heterocycles. The number of hydrogen-bond acceptors (Lipinski definition) is 3. The maximum atomic E-state index is 11.3. The van der Waals surface area contributed by atoms with Crippen LogP contribution in [0.15, 0.2) is 0 Å². The van der Waals surface area contributed by atoms with Crippen LogP contribution in [-0.2, 0) is 14.3 Å². The minimum atomic E-state index is -0.864. The molecule has 4 nitrogen and oxygen atoms in total. The molecule has 1 aliphatic rings. The molecule has 0 bridgehead atoms. The second-order valence-corrected chi connectivity index (χ2v) is 4.77. The molecule has 1 saturated heterocycles. The Morgan fingerprint density at radius 3 is 2.47 bits per heavy atom. The summed E-state index contributed by atoms with van der Waals surface area (Å²) in [5.74, 6) is -0.746. The summed E-state index contributed by atoms with van der Waals surface area (Å²) >= 11 is 0. The summed E-state index contributed by atoms with van der Waals surface area (Å²) in [7, 11) is 0. The van der Waals surface area contributed by atoms with Crippen LogP contribution >= 0.6 is 0 Å². The zero-order valence-corrected chi connectivity index (χ0v) is 9.87. The Morgan fingerprint density at radius 2 is 2.07 bits per heavy atom. The number of carbonyl (C=O) groups is 1. The fourth-order valence-electron chi connectivity index (χ4n) is 1.65. The highest BCUT2D eigenvalue weighted by atomic mass is 16.6. The molecule has 0 aromatic rings. The smallest absolute Gasteiger partial charge is 0.309 e. The molecule has 0 spiro atoms. The number of hydrogen-bond donors (Lipinski definition) is 0. The van der Waals surface area contributed by atoms with Gasteiger partial charge in [0.2, 0.25) is 0 Å². The quantitative estimate of drug-likeness (QED) is 0.402. The lowest BCUT2D eigenvalue weighted by molar-refractivity contribution is -0.180. The minimum absolute atomic E-state index is 0.0148. The largest absolute Gasteiger partial charge is 0.462 e. The average Bonchev–Trinajstić information content (AvgIpc) is 2.32. The fourth-order valence-corrected chi connectivity index (χ4v) is 1.65. The number of ether oxygens (including phenoxy) is 2. The lowest BCUT2D eigenvalue weighted by atomic mass is 9.93. The molecular weight excluding hydrogens is 196 g/mol. The van der Waals surface area contributed by atoms with Gasteiger partial charge in [-0.25, -0.2) is 0 Å². The van der Waals surface area contributed by atoms with Gasteiger partial charge in [0, 0.05) is 26.2 Å². The van der Waals surface area contributed by atoms with Gasteiger partial charge in [-0.2, -0.15) is 0 Å². The molecule has 4 heteroatoms. The molecule has 0 aliphatic carbocycles.